The number of anilines is 1. The molecule has 3 heterocycles. The predicted molar refractivity (Wildman–Crippen MR) is 66.8 cm³/mol. The lowest BCUT2D eigenvalue weighted by Gasteiger charge is -2.15. The molecule has 0 aliphatic carbocycles. The van der Waals surface area contributed by atoms with Gasteiger partial charge in [0, 0.05) is 7.05 Å². The van der Waals surface area contributed by atoms with Crippen LogP contribution in [-0.2, 0) is 4.74 Å². The van der Waals surface area contributed by atoms with Gasteiger partial charge < -0.3 is 20.3 Å². The van der Waals surface area contributed by atoms with Gasteiger partial charge in [0.15, 0.2) is 18.0 Å². The molecule has 1 aliphatic rings. The summed E-state index contributed by atoms with van der Waals surface area (Å²) in [6, 6.07) is 0. The summed E-state index contributed by atoms with van der Waals surface area (Å²) in [5.74, 6) is 0.368. The van der Waals surface area contributed by atoms with Crippen molar-refractivity contribution in [2.75, 3.05) is 19.0 Å². The van der Waals surface area contributed by atoms with Crippen LogP contribution in [0.3, 0.4) is 0 Å². The largest absolute Gasteiger partial charge is 0.394 e. The summed E-state index contributed by atoms with van der Waals surface area (Å²) in [5.41, 5.74) is 0.879. The Kier molecular flexibility index (Phi) is 3.24. The Bertz CT molecular complexity index is 621. The molecule has 108 valence electrons. The van der Waals surface area contributed by atoms with E-state index in [9.17, 15) is 9.50 Å². The summed E-state index contributed by atoms with van der Waals surface area (Å²) in [7, 11) is 1.66. The zero-order chi connectivity index (χ0) is 14.3. The average molecular weight is 283 g/mol. The van der Waals surface area contributed by atoms with Gasteiger partial charge in [-0.2, -0.15) is 4.98 Å². The van der Waals surface area contributed by atoms with E-state index < -0.39 is 31.2 Å². The number of hydrogen-bond acceptors (Lipinski definition) is 7. The number of aromatic nitrogens is 4. The molecular formula is C11H14FN5O3. The molecule has 1 saturated heterocycles. The Balaban J connectivity index is 2.02. The molecule has 1 aliphatic heterocycles. The summed E-state index contributed by atoms with van der Waals surface area (Å²) < 4.78 is 20.8. The van der Waals surface area contributed by atoms with E-state index in [4.69, 9.17) is 9.84 Å². The number of hydrogen-bond donors (Lipinski definition) is 3. The van der Waals surface area contributed by atoms with Gasteiger partial charge in [-0.25, -0.2) is 14.4 Å². The van der Waals surface area contributed by atoms with Crippen molar-refractivity contribution in [3.63, 3.8) is 0 Å². The quantitative estimate of drug-likeness (QED) is 0.694. The molecular weight excluding hydrogens is 269 g/mol. The van der Waals surface area contributed by atoms with Crippen LogP contribution in [0.25, 0.3) is 11.2 Å². The van der Waals surface area contributed by atoms with E-state index in [1.165, 1.54) is 17.1 Å². The summed E-state index contributed by atoms with van der Waals surface area (Å²) in [6.07, 6.45) is -2.20. The molecule has 0 amide bonds. The van der Waals surface area contributed by atoms with Gasteiger partial charge >= 0.3 is 0 Å². The van der Waals surface area contributed by atoms with Gasteiger partial charge in [0.2, 0.25) is 5.95 Å². The zero-order valence-corrected chi connectivity index (χ0v) is 10.6. The summed E-state index contributed by atoms with van der Waals surface area (Å²) in [4.78, 5) is 12.3. The van der Waals surface area contributed by atoms with Crippen molar-refractivity contribution in [3.8, 4) is 0 Å². The minimum Gasteiger partial charge on any atom is -0.394 e. The SMILES string of the molecule is CNc1ncc2ncn([C@@H]3O[C@H](CO)[C@@H](O)[C@H]3F)c2n1. The number of nitrogens with zero attached hydrogens (tertiary/aromatic N) is 4. The maximum Gasteiger partial charge on any atom is 0.224 e. The van der Waals surface area contributed by atoms with Gasteiger partial charge in [0.05, 0.1) is 19.1 Å². The number of fused-ring (bicyclic) bond motifs is 1. The van der Waals surface area contributed by atoms with Gasteiger partial charge in [0.1, 0.15) is 17.7 Å². The maximum absolute atomic E-state index is 14.1. The molecule has 4 atom stereocenters. The second kappa shape index (κ2) is 4.93. The van der Waals surface area contributed by atoms with Crippen LogP contribution in [0, 0.1) is 0 Å². The normalized spacial score (nSPS) is 30.0. The number of halogens is 1. The first-order chi connectivity index (χ1) is 9.65. The van der Waals surface area contributed by atoms with Crippen LogP contribution in [0.2, 0.25) is 0 Å². The molecule has 3 rings (SSSR count). The van der Waals surface area contributed by atoms with E-state index >= 15 is 0 Å². The molecule has 1 fully saturated rings. The van der Waals surface area contributed by atoms with Gasteiger partial charge in [0.25, 0.3) is 0 Å². The van der Waals surface area contributed by atoms with E-state index in [2.05, 4.69) is 20.3 Å². The second-order valence-electron chi connectivity index (χ2n) is 4.49. The van der Waals surface area contributed by atoms with Gasteiger partial charge in [-0.1, -0.05) is 0 Å². The van der Waals surface area contributed by atoms with Crippen LogP contribution in [-0.4, -0.2) is 61.8 Å². The number of imidazole rings is 1. The Morgan fingerprint density at radius 2 is 2.30 bits per heavy atom. The van der Waals surface area contributed by atoms with Crippen molar-refractivity contribution < 1.29 is 19.3 Å². The number of aliphatic hydroxyl groups is 2. The summed E-state index contributed by atoms with van der Waals surface area (Å²) in [5, 5.41) is 21.5. The lowest BCUT2D eigenvalue weighted by Crippen LogP contribution is -2.30. The van der Waals surface area contributed by atoms with Crippen LogP contribution in [0.4, 0.5) is 10.3 Å². The van der Waals surface area contributed by atoms with Crippen LogP contribution in [0.5, 0.6) is 0 Å². The minimum atomic E-state index is -1.67. The lowest BCUT2D eigenvalue weighted by atomic mass is 10.1. The highest BCUT2D eigenvalue weighted by Gasteiger charge is 2.45. The molecule has 3 N–H and O–H groups in total. The molecule has 0 unspecified atom stereocenters. The molecule has 0 bridgehead atoms. The first-order valence-corrected chi connectivity index (χ1v) is 6.11. The lowest BCUT2D eigenvalue weighted by molar-refractivity contribution is -0.0459. The molecule has 20 heavy (non-hydrogen) atoms. The van der Waals surface area contributed by atoms with Crippen molar-refractivity contribution in [1.82, 2.24) is 19.5 Å². The van der Waals surface area contributed by atoms with Crippen molar-refractivity contribution in [1.29, 1.82) is 0 Å². The van der Waals surface area contributed by atoms with Crippen molar-refractivity contribution in [2.45, 2.75) is 24.6 Å². The third-order valence-corrected chi connectivity index (χ3v) is 3.29. The van der Waals surface area contributed by atoms with Gasteiger partial charge in [-0.3, -0.25) is 4.57 Å². The number of nitrogens with one attached hydrogen (secondary N) is 1. The van der Waals surface area contributed by atoms with Gasteiger partial charge in [-0.15, -0.1) is 0 Å². The molecule has 0 radical (unpaired) electrons. The van der Waals surface area contributed by atoms with E-state index in [0.717, 1.165) is 0 Å². The first-order valence-electron chi connectivity index (χ1n) is 6.11. The number of alkyl halides is 1. The van der Waals surface area contributed by atoms with Crippen LogP contribution in [0.1, 0.15) is 6.23 Å². The standard InChI is InChI=1S/C11H14FN5O3/c1-13-11-14-2-5-9(16-11)17(4-15-5)10-7(12)8(19)6(3-18)20-10/h2,4,6-8,10,18-19H,3H2,1H3,(H,13,14,16)/t6-,7-,8-,10-/m1/s1. The van der Waals surface area contributed by atoms with E-state index in [1.807, 2.05) is 0 Å². The predicted octanol–water partition coefficient (Wildman–Crippen LogP) is -0.543. The smallest absolute Gasteiger partial charge is 0.224 e. The minimum absolute atomic E-state index is 0.368. The number of ether oxygens (including phenoxy) is 1. The Hall–Kier alpha value is -1.84. The third kappa shape index (κ3) is 1.90. The zero-order valence-electron chi connectivity index (χ0n) is 10.6. The monoisotopic (exact) mass is 283 g/mol. The molecule has 2 aromatic heterocycles. The van der Waals surface area contributed by atoms with E-state index in [-0.39, 0.29) is 0 Å². The Morgan fingerprint density at radius 1 is 1.50 bits per heavy atom. The molecule has 0 spiro atoms. The molecule has 2 aromatic rings. The topological polar surface area (TPSA) is 105 Å². The summed E-state index contributed by atoms with van der Waals surface area (Å²) in [6.45, 7) is -0.457. The fourth-order valence-corrected chi connectivity index (χ4v) is 2.21. The van der Waals surface area contributed by atoms with Gasteiger partial charge in [-0.05, 0) is 0 Å². The Morgan fingerprint density at radius 3 is 2.95 bits per heavy atom. The second-order valence-corrected chi connectivity index (χ2v) is 4.49. The number of rotatable bonds is 3. The number of aliphatic hydroxyl groups excluding tert-OH is 2. The molecule has 8 nitrogen and oxygen atoms in total. The highest BCUT2D eigenvalue weighted by Crippen LogP contribution is 2.33. The van der Waals surface area contributed by atoms with Crippen molar-refractivity contribution in [2.24, 2.45) is 0 Å². The van der Waals surface area contributed by atoms with Crippen LogP contribution >= 0.6 is 0 Å². The fourth-order valence-electron chi connectivity index (χ4n) is 2.21. The van der Waals surface area contributed by atoms with Crippen molar-refractivity contribution in [3.05, 3.63) is 12.5 Å². The fraction of sp³-hybridized carbons (Fsp3) is 0.545. The Labute approximate surface area is 113 Å². The van der Waals surface area contributed by atoms with E-state index in [0.29, 0.717) is 17.1 Å². The molecule has 0 saturated carbocycles. The van der Waals surface area contributed by atoms with E-state index in [1.54, 1.807) is 7.05 Å². The van der Waals surface area contributed by atoms with Crippen molar-refractivity contribution >= 4 is 17.1 Å². The highest BCUT2D eigenvalue weighted by molar-refractivity contribution is 5.71. The van der Waals surface area contributed by atoms with Crippen LogP contribution < -0.4 is 5.32 Å². The third-order valence-electron chi connectivity index (χ3n) is 3.29. The molecule has 9 heteroatoms. The maximum atomic E-state index is 14.1. The van der Waals surface area contributed by atoms with Crippen LogP contribution in [0.15, 0.2) is 12.5 Å². The first kappa shape index (κ1) is 13.2. The molecule has 0 aromatic carbocycles. The summed E-state index contributed by atoms with van der Waals surface area (Å²) >= 11 is 0. The average Bonchev–Trinajstić information content (AvgIpc) is 3.01. The highest BCUT2D eigenvalue weighted by atomic mass is 19.1.